The molecule has 114 valence electrons. The van der Waals surface area contributed by atoms with Crippen LogP contribution in [-0.4, -0.2) is 27.1 Å². The first kappa shape index (κ1) is 15.2. The fraction of sp³-hybridized carbons (Fsp3) is 0.571. The van der Waals surface area contributed by atoms with Crippen LogP contribution in [0.5, 0.6) is 5.88 Å². The van der Waals surface area contributed by atoms with Crippen molar-refractivity contribution in [1.29, 1.82) is 0 Å². The summed E-state index contributed by atoms with van der Waals surface area (Å²) in [5.74, 6) is -0.207. The fourth-order valence-corrected chi connectivity index (χ4v) is 2.55. The van der Waals surface area contributed by atoms with Gasteiger partial charge in [0.05, 0.1) is 4.92 Å². The first-order valence-corrected chi connectivity index (χ1v) is 6.93. The van der Waals surface area contributed by atoms with Crippen molar-refractivity contribution in [3.05, 3.63) is 27.9 Å². The summed E-state index contributed by atoms with van der Waals surface area (Å²) < 4.78 is 5.69. The van der Waals surface area contributed by atoms with E-state index in [-0.39, 0.29) is 23.2 Å². The van der Waals surface area contributed by atoms with Crippen molar-refractivity contribution >= 4 is 11.7 Å². The minimum Gasteiger partial charge on any atom is -0.477 e. The predicted octanol–water partition coefficient (Wildman–Crippen LogP) is 2.89. The summed E-state index contributed by atoms with van der Waals surface area (Å²) in [4.78, 5) is 25.0. The summed E-state index contributed by atoms with van der Waals surface area (Å²) in [6.45, 7) is 4.33. The minimum atomic E-state index is -1.28. The third-order valence-corrected chi connectivity index (χ3v) is 4.11. The second-order valence-corrected chi connectivity index (χ2v) is 5.62. The van der Waals surface area contributed by atoms with E-state index in [0.29, 0.717) is 11.8 Å². The van der Waals surface area contributed by atoms with Gasteiger partial charge in [-0.1, -0.05) is 13.8 Å². The zero-order valence-corrected chi connectivity index (χ0v) is 12.0. The van der Waals surface area contributed by atoms with Gasteiger partial charge in [0.2, 0.25) is 5.88 Å². The molecule has 21 heavy (non-hydrogen) atoms. The van der Waals surface area contributed by atoms with Crippen LogP contribution in [0.1, 0.15) is 43.5 Å². The Morgan fingerprint density at radius 3 is 2.71 bits per heavy atom. The average Bonchev–Trinajstić information content (AvgIpc) is 2.43. The summed E-state index contributed by atoms with van der Waals surface area (Å²) in [6, 6.07) is 0.986. The van der Waals surface area contributed by atoms with E-state index in [2.05, 4.69) is 18.8 Å². The van der Waals surface area contributed by atoms with Gasteiger partial charge in [0.1, 0.15) is 17.9 Å². The molecule has 7 nitrogen and oxygen atoms in total. The van der Waals surface area contributed by atoms with Gasteiger partial charge >= 0.3 is 5.97 Å². The molecule has 0 saturated heterocycles. The maximum atomic E-state index is 11.2. The van der Waals surface area contributed by atoms with Gasteiger partial charge in [0.25, 0.3) is 5.69 Å². The molecule has 3 atom stereocenters. The molecule has 0 amide bonds. The van der Waals surface area contributed by atoms with Gasteiger partial charge < -0.3 is 9.84 Å². The molecule has 3 unspecified atom stereocenters. The van der Waals surface area contributed by atoms with Crippen LogP contribution in [-0.2, 0) is 0 Å². The van der Waals surface area contributed by atoms with Gasteiger partial charge in [-0.05, 0) is 31.1 Å². The van der Waals surface area contributed by atoms with E-state index >= 15 is 0 Å². The number of hydrogen-bond donors (Lipinski definition) is 1. The van der Waals surface area contributed by atoms with Crippen molar-refractivity contribution in [2.24, 2.45) is 11.8 Å². The molecule has 0 spiro atoms. The number of rotatable bonds is 4. The predicted molar refractivity (Wildman–Crippen MR) is 74.4 cm³/mol. The topological polar surface area (TPSA) is 103 Å². The van der Waals surface area contributed by atoms with Crippen LogP contribution in [0.4, 0.5) is 5.69 Å². The van der Waals surface area contributed by atoms with Crippen LogP contribution in [0.3, 0.4) is 0 Å². The lowest BCUT2D eigenvalue weighted by molar-refractivity contribution is -0.385. The molecular formula is C14H18N2O5. The molecule has 1 N–H and O–H groups in total. The monoisotopic (exact) mass is 294 g/mol. The van der Waals surface area contributed by atoms with E-state index in [0.717, 1.165) is 31.5 Å². The van der Waals surface area contributed by atoms with Crippen LogP contribution < -0.4 is 4.74 Å². The summed E-state index contributed by atoms with van der Waals surface area (Å²) in [5.41, 5.74) is -0.624. The number of pyridine rings is 1. The quantitative estimate of drug-likeness (QED) is 0.676. The number of carboxylic acids is 1. The molecule has 0 bridgehead atoms. The van der Waals surface area contributed by atoms with E-state index in [1.165, 1.54) is 0 Å². The number of ether oxygens (including phenoxy) is 1. The standard InChI is InChI=1S/C14H18N2O5/c1-8-3-4-11(5-9(8)2)21-13-12(14(17)18)6-10(7-15-13)16(19)20/h6-9,11H,3-5H2,1-2H3,(H,17,18). The highest BCUT2D eigenvalue weighted by Crippen LogP contribution is 2.32. The van der Waals surface area contributed by atoms with Crippen molar-refractivity contribution in [1.82, 2.24) is 4.98 Å². The maximum absolute atomic E-state index is 11.2. The number of carboxylic acid groups (broad SMARTS) is 1. The lowest BCUT2D eigenvalue weighted by Crippen LogP contribution is -2.29. The molecule has 1 aliphatic carbocycles. The highest BCUT2D eigenvalue weighted by atomic mass is 16.6. The average molecular weight is 294 g/mol. The summed E-state index contributed by atoms with van der Waals surface area (Å²) in [5, 5.41) is 19.8. The van der Waals surface area contributed by atoms with E-state index in [9.17, 15) is 14.9 Å². The molecule has 1 aliphatic rings. The number of aromatic carboxylic acids is 1. The SMILES string of the molecule is CC1CCC(Oc2ncc([N+](=O)[O-])cc2C(=O)O)CC1C. The third kappa shape index (κ3) is 3.48. The van der Waals surface area contributed by atoms with E-state index in [1.54, 1.807) is 0 Å². The molecule has 1 fully saturated rings. The van der Waals surface area contributed by atoms with Gasteiger partial charge in [-0.25, -0.2) is 9.78 Å². The summed E-state index contributed by atoms with van der Waals surface area (Å²) in [7, 11) is 0. The first-order valence-electron chi connectivity index (χ1n) is 6.93. The Bertz CT molecular complexity index is 560. The molecule has 2 rings (SSSR count). The minimum absolute atomic E-state index is 0.0418. The first-order chi connectivity index (χ1) is 9.88. The van der Waals surface area contributed by atoms with Gasteiger partial charge in [0.15, 0.2) is 0 Å². The highest BCUT2D eigenvalue weighted by Gasteiger charge is 2.28. The van der Waals surface area contributed by atoms with Gasteiger partial charge in [-0.15, -0.1) is 0 Å². The number of nitrogens with zero attached hydrogens (tertiary/aromatic N) is 2. The van der Waals surface area contributed by atoms with Crippen molar-refractivity contribution in [3.8, 4) is 5.88 Å². The number of carbonyl (C=O) groups is 1. The van der Waals surface area contributed by atoms with Crippen LogP contribution in [0.15, 0.2) is 12.3 Å². The third-order valence-electron chi connectivity index (χ3n) is 4.11. The smallest absolute Gasteiger partial charge is 0.341 e. The van der Waals surface area contributed by atoms with E-state index in [4.69, 9.17) is 9.84 Å². The van der Waals surface area contributed by atoms with Crippen molar-refractivity contribution < 1.29 is 19.6 Å². The Morgan fingerprint density at radius 2 is 2.14 bits per heavy atom. The molecular weight excluding hydrogens is 276 g/mol. The van der Waals surface area contributed by atoms with Crippen LogP contribution >= 0.6 is 0 Å². The van der Waals surface area contributed by atoms with Gasteiger partial charge in [-0.3, -0.25) is 10.1 Å². The van der Waals surface area contributed by atoms with Crippen LogP contribution in [0.25, 0.3) is 0 Å². The van der Waals surface area contributed by atoms with Crippen molar-refractivity contribution in [3.63, 3.8) is 0 Å². The molecule has 1 heterocycles. The zero-order chi connectivity index (χ0) is 15.6. The van der Waals surface area contributed by atoms with Crippen molar-refractivity contribution in [2.75, 3.05) is 0 Å². The Morgan fingerprint density at radius 1 is 1.43 bits per heavy atom. The number of nitro groups is 1. The molecule has 1 saturated carbocycles. The Hall–Kier alpha value is -2.18. The number of hydrogen-bond acceptors (Lipinski definition) is 5. The summed E-state index contributed by atoms with van der Waals surface area (Å²) >= 11 is 0. The molecule has 0 aromatic carbocycles. The number of aromatic nitrogens is 1. The lowest BCUT2D eigenvalue weighted by Gasteiger charge is -2.32. The highest BCUT2D eigenvalue weighted by molar-refractivity contribution is 5.90. The van der Waals surface area contributed by atoms with Crippen molar-refractivity contribution in [2.45, 2.75) is 39.2 Å². The Kier molecular flexibility index (Phi) is 4.40. The molecule has 1 aromatic rings. The van der Waals surface area contributed by atoms with Crippen LogP contribution in [0, 0.1) is 22.0 Å². The Labute approximate surface area is 122 Å². The second kappa shape index (κ2) is 6.07. The van der Waals surface area contributed by atoms with Gasteiger partial charge in [-0.2, -0.15) is 0 Å². The molecule has 7 heteroatoms. The maximum Gasteiger partial charge on any atom is 0.341 e. The second-order valence-electron chi connectivity index (χ2n) is 5.62. The summed E-state index contributed by atoms with van der Waals surface area (Å²) in [6.07, 6.45) is 3.61. The largest absolute Gasteiger partial charge is 0.477 e. The van der Waals surface area contributed by atoms with E-state index < -0.39 is 10.9 Å². The fourth-order valence-electron chi connectivity index (χ4n) is 2.55. The normalized spacial score (nSPS) is 25.3. The molecule has 0 radical (unpaired) electrons. The van der Waals surface area contributed by atoms with E-state index in [1.807, 2.05) is 0 Å². The Balaban J connectivity index is 2.19. The van der Waals surface area contributed by atoms with Gasteiger partial charge in [0, 0.05) is 6.07 Å². The molecule has 0 aliphatic heterocycles. The molecule has 1 aromatic heterocycles. The lowest BCUT2D eigenvalue weighted by atomic mass is 9.80. The zero-order valence-electron chi connectivity index (χ0n) is 12.0. The van der Waals surface area contributed by atoms with Crippen LogP contribution in [0.2, 0.25) is 0 Å².